The van der Waals surface area contributed by atoms with Crippen molar-refractivity contribution >= 4 is 40.9 Å². The smallest absolute Gasteiger partial charge is 0.259 e. The van der Waals surface area contributed by atoms with Gasteiger partial charge in [0.05, 0.1) is 16.8 Å². The van der Waals surface area contributed by atoms with Crippen LogP contribution < -0.4 is 10.2 Å². The molecule has 0 bridgehead atoms. The van der Waals surface area contributed by atoms with E-state index in [4.69, 9.17) is 0 Å². The number of rotatable bonds is 6. The molecule has 3 aromatic rings. The number of anilines is 2. The molecular formula is C18H20N6OS2. The Balaban J connectivity index is 1.43. The number of carbonyl (C=O) groups is 1. The minimum atomic E-state index is -0.197. The number of hydrogen-bond acceptors (Lipinski definition) is 7. The van der Waals surface area contributed by atoms with Crippen molar-refractivity contribution in [3.8, 4) is 0 Å². The fourth-order valence-corrected chi connectivity index (χ4v) is 4.58. The van der Waals surface area contributed by atoms with E-state index in [9.17, 15) is 4.79 Å². The van der Waals surface area contributed by atoms with Crippen molar-refractivity contribution in [2.45, 2.75) is 29.9 Å². The summed E-state index contributed by atoms with van der Waals surface area (Å²) in [4.78, 5) is 24.5. The number of benzene rings is 1. The van der Waals surface area contributed by atoms with Gasteiger partial charge in [0.2, 0.25) is 11.9 Å². The van der Waals surface area contributed by atoms with Gasteiger partial charge >= 0.3 is 0 Å². The van der Waals surface area contributed by atoms with Crippen LogP contribution in [0.5, 0.6) is 0 Å². The van der Waals surface area contributed by atoms with Crippen LogP contribution in [0.2, 0.25) is 0 Å². The fourth-order valence-electron chi connectivity index (χ4n) is 2.96. The summed E-state index contributed by atoms with van der Waals surface area (Å²) in [6.07, 6.45) is 3.56. The summed E-state index contributed by atoms with van der Waals surface area (Å²) >= 11 is 3.17. The summed E-state index contributed by atoms with van der Waals surface area (Å²) < 4.78 is 0. The average Bonchev–Trinajstić information content (AvgIpc) is 3.39. The van der Waals surface area contributed by atoms with E-state index >= 15 is 0 Å². The summed E-state index contributed by atoms with van der Waals surface area (Å²) in [5, 5.41) is 11.9. The third-order valence-corrected chi connectivity index (χ3v) is 6.08. The summed E-state index contributed by atoms with van der Waals surface area (Å²) in [5.41, 5.74) is 3.45. The lowest BCUT2D eigenvalue weighted by molar-refractivity contribution is 0.102. The van der Waals surface area contributed by atoms with Crippen LogP contribution in [0.25, 0.3) is 0 Å². The van der Waals surface area contributed by atoms with Crippen molar-refractivity contribution in [3.63, 3.8) is 0 Å². The average molecular weight is 401 g/mol. The molecule has 0 saturated carbocycles. The molecule has 0 atom stereocenters. The lowest BCUT2D eigenvalue weighted by Crippen LogP contribution is -2.30. The van der Waals surface area contributed by atoms with Gasteiger partial charge in [0.1, 0.15) is 0 Å². The van der Waals surface area contributed by atoms with Gasteiger partial charge in [-0.3, -0.25) is 10.1 Å². The van der Waals surface area contributed by atoms with Gasteiger partial charge in [-0.1, -0.05) is 12.1 Å². The quantitative estimate of drug-likeness (QED) is 0.612. The highest BCUT2D eigenvalue weighted by Crippen LogP contribution is 2.27. The van der Waals surface area contributed by atoms with E-state index in [-0.39, 0.29) is 5.91 Å². The summed E-state index contributed by atoms with van der Waals surface area (Å²) in [6, 6.07) is 7.57. The Labute approximate surface area is 165 Å². The van der Waals surface area contributed by atoms with Crippen molar-refractivity contribution in [1.29, 1.82) is 0 Å². The Morgan fingerprint density at radius 1 is 1.26 bits per heavy atom. The van der Waals surface area contributed by atoms with Crippen LogP contribution in [0.1, 0.15) is 35.3 Å². The van der Waals surface area contributed by atoms with Crippen LogP contribution in [0.4, 0.5) is 11.9 Å². The lowest BCUT2D eigenvalue weighted by atomic mass is 10.1. The van der Waals surface area contributed by atoms with E-state index in [2.05, 4.69) is 30.4 Å². The highest BCUT2D eigenvalue weighted by Gasteiger charge is 2.17. The van der Waals surface area contributed by atoms with Gasteiger partial charge in [-0.05, 0) is 31.4 Å². The van der Waals surface area contributed by atoms with Crippen molar-refractivity contribution < 1.29 is 4.79 Å². The summed E-state index contributed by atoms with van der Waals surface area (Å²) in [7, 11) is 0. The van der Waals surface area contributed by atoms with Gasteiger partial charge in [0.15, 0.2) is 0 Å². The van der Waals surface area contributed by atoms with E-state index in [1.165, 1.54) is 6.42 Å². The molecule has 0 spiro atoms. The molecule has 7 nitrogen and oxygen atoms in total. The zero-order chi connectivity index (χ0) is 18.5. The number of nitrogens with one attached hydrogen (secondary N) is 2. The number of amides is 1. The van der Waals surface area contributed by atoms with E-state index in [0.717, 1.165) is 42.3 Å². The van der Waals surface area contributed by atoms with Crippen molar-refractivity contribution in [2.24, 2.45) is 0 Å². The van der Waals surface area contributed by atoms with Crippen LogP contribution in [-0.4, -0.2) is 39.2 Å². The number of H-pyrrole nitrogens is 1. The molecule has 1 aliphatic heterocycles. The number of carbonyl (C=O) groups excluding carboxylic acids is 1. The molecule has 1 aliphatic rings. The zero-order valence-electron chi connectivity index (χ0n) is 14.7. The number of nitrogens with zero attached hydrogens (tertiary/aromatic N) is 4. The van der Waals surface area contributed by atoms with Crippen molar-refractivity contribution in [2.75, 3.05) is 23.3 Å². The number of thiazole rings is 1. The molecule has 27 heavy (non-hydrogen) atoms. The SMILES string of the molecule is O=C(Nc1nc(N2CCCCC2)n[nH]1)c1ccccc1SCc1cscn1. The molecule has 0 aliphatic carbocycles. The second kappa shape index (κ2) is 8.53. The lowest BCUT2D eigenvalue weighted by Gasteiger charge is -2.24. The van der Waals surface area contributed by atoms with E-state index < -0.39 is 0 Å². The zero-order valence-corrected chi connectivity index (χ0v) is 16.4. The maximum absolute atomic E-state index is 12.7. The van der Waals surface area contributed by atoms with Gasteiger partial charge < -0.3 is 4.90 Å². The predicted molar refractivity (Wildman–Crippen MR) is 109 cm³/mol. The summed E-state index contributed by atoms with van der Waals surface area (Å²) in [5.74, 6) is 1.56. The molecule has 1 fully saturated rings. The van der Waals surface area contributed by atoms with Crippen LogP contribution in [0.3, 0.4) is 0 Å². The first-order chi connectivity index (χ1) is 13.3. The molecule has 1 saturated heterocycles. The van der Waals surface area contributed by atoms with Gasteiger partial charge in [0.25, 0.3) is 5.91 Å². The third-order valence-electron chi connectivity index (χ3n) is 4.34. The largest absolute Gasteiger partial charge is 0.340 e. The van der Waals surface area contributed by atoms with Crippen molar-refractivity contribution in [3.05, 3.63) is 46.4 Å². The predicted octanol–water partition coefficient (Wildman–Crippen LogP) is 3.80. The standard InChI is InChI=1S/C18H20N6OS2/c25-16(20-17-21-18(23-22-17)24-8-4-1-5-9-24)14-6-2-3-7-15(14)27-11-13-10-26-12-19-13/h2-3,6-7,10,12H,1,4-5,8-9,11H2,(H2,20,21,22,23,25). The second-order valence-electron chi connectivity index (χ2n) is 6.25. The molecule has 3 heterocycles. The van der Waals surface area contributed by atoms with Crippen LogP contribution in [-0.2, 0) is 5.75 Å². The Kier molecular flexibility index (Phi) is 5.69. The minimum Gasteiger partial charge on any atom is -0.340 e. The Bertz CT molecular complexity index is 889. The van der Waals surface area contributed by atoms with Crippen LogP contribution in [0, 0.1) is 0 Å². The van der Waals surface area contributed by atoms with Gasteiger partial charge in [-0.25, -0.2) is 10.1 Å². The van der Waals surface area contributed by atoms with E-state index in [0.29, 0.717) is 17.5 Å². The molecular weight excluding hydrogens is 380 g/mol. The van der Waals surface area contributed by atoms with E-state index in [1.807, 2.05) is 35.2 Å². The number of thioether (sulfide) groups is 1. The maximum Gasteiger partial charge on any atom is 0.259 e. The minimum absolute atomic E-state index is 0.197. The molecule has 4 rings (SSSR count). The number of aromatic amines is 1. The first-order valence-corrected chi connectivity index (χ1v) is 10.8. The van der Waals surface area contributed by atoms with Gasteiger partial charge in [0, 0.05) is 29.1 Å². The molecule has 0 unspecified atom stereocenters. The second-order valence-corrected chi connectivity index (χ2v) is 7.99. The van der Waals surface area contributed by atoms with E-state index in [1.54, 1.807) is 23.1 Å². The number of aromatic nitrogens is 4. The first kappa shape index (κ1) is 18.0. The normalized spacial score (nSPS) is 14.3. The highest BCUT2D eigenvalue weighted by molar-refractivity contribution is 7.98. The first-order valence-electron chi connectivity index (χ1n) is 8.87. The Morgan fingerprint density at radius 3 is 2.93 bits per heavy atom. The van der Waals surface area contributed by atoms with Crippen molar-refractivity contribution in [1.82, 2.24) is 20.2 Å². The molecule has 140 valence electrons. The molecule has 0 radical (unpaired) electrons. The molecule has 9 heteroatoms. The Morgan fingerprint density at radius 2 is 2.11 bits per heavy atom. The van der Waals surface area contributed by atoms with Crippen LogP contribution in [0.15, 0.2) is 40.1 Å². The molecule has 1 aromatic carbocycles. The van der Waals surface area contributed by atoms with Gasteiger partial charge in [-0.2, -0.15) is 4.98 Å². The Hall–Kier alpha value is -2.39. The highest BCUT2D eigenvalue weighted by atomic mass is 32.2. The fraction of sp³-hybridized carbons (Fsp3) is 0.333. The number of piperidine rings is 1. The third kappa shape index (κ3) is 4.48. The topological polar surface area (TPSA) is 86.8 Å². The molecule has 2 aromatic heterocycles. The van der Waals surface area contributed by atoms with Gasteiger partial charge in [-0.15, -0.1) is 28.2 Å². The molecule has 1 amide bonds. The molecule has 2 N–H and O–H groups in total. The maximum atomic E-state index is 12.7. The number of hydrogen-bond donors (Lipinski definition) is 2. The van der Waals surface area contributed by atoms with Crippen LogP contribution >= 0.6 is 23.1 Å². The summed E-state index contributed by atoms with van der Waals surface area (Å²) in [6.45, 7) is 1.92. The monoisotopic (exact) mass is 400 g/mol.